The van der Waals surface area contributed by atoms with Gasteiger partial charge in [-0.2, -0.15) is 0 Å². The maximum absolute atomic E-state index is 13.5. The molecule has 0 spiro atoms. The second-order valence-electron chi connectivity index (χ2n) is 8.32. The number of ether oxygens (including phenoxy) is 2. The number of hydrogen-bond donors (Lipinski definition) is 1. The number of para-hydroxylation sites is 1. The van der Waals surface area contributed by atoms with E-state index in [0.717, 1.165) is 24.0 Å². The van der Waals surface area contributed by atoms with Gasteiger partial charge < -0.3 is 19.7 Å². The largest absolute Gasteiger partial charge is 0.497 e. The molecular formula is C29H34N2O4. The van der Waals surface area contributed by atoms with Crippen molar-refractivity contribution in [3.8, 4) is 11.5 Å². The van der Waals surface area contributed by atoms with E-state index in [0.29, 0.717) is 24.5 Å². The number of carbonyl (C=O) groups excluding carboxylic acids is 2. The quantitative estimate of drug-likeness (QED) is 0.367. The van der Waals surface area contributed by atoms with Gasteiger partial charge in [-0.25, -0.2) is 0 Å². The summed E-state index contributed by atoms with van der Waals surface area (Å²) in [7, 11) is 1.61. The maximum atomic E-state index is 13.5. The van der Waals surface area contributed by atoms with Crippen LogP contribution in [-0.4, -0.2) is 43.0 Å². The monoisotopic (exact) mass is 474 g/mol. The first-order valence-electron chi connectivity index (χ1n) is 12.0. The van der Waals surface area contributed by atoms with Crippen molar-refractivity contribution in [2.24, 2.45) is 0 Å². The summed E-state index contributed by atoms with van der Waals surface area (Å²) < 4.78 is 11.1. The van der Waals surface area contributed by atoms with Gasteiger partial charge in [0, 0.05) is 19.5 Å². The molecule has 0 aliphatic rings. The van der Waals surface area contributed by atoms with Crippen LogP contribution in [0, 0.1) is 0 Å². The van der Waals surface area contributed by atoms with E-state index in [-0.39, 0.29) is 25.0 Å². The summed E-state index contributed by atoms with van der Waals surface area (Å²) in [6.07, 6.45) is 2.26. The van der Waals surface area contributed by atoms with Crippen LogP contribution in [0.2, 0.25) is 0 Å². The Kier molecular flexibility index (Phi) is 10.2. The highest BCUT2D eigenvalue weighted by molar-refractivity contribution is 5.88. The molecule has 3 aromatic rings. The Balaban J connectivity index is 1.89. The third-order valence-electron chi connectivity index (χ3n) is 5.69. The highest BCUT2D eigenvalue weighted by Gasteiger charge is 2.30. The number of methoxy groups -OCH3 is 1. The van der Waals surface area contributed by atoms with Gasteiger partial charge in [-0.3, -0.25) is 9.59 Å². The topological polar surface area (TPSA) is 67.9 Å². The molecule has 3 rings (SSSR count). The minimum absolute atomic E-state index is 0.165. The number of unbranched alkanes of at least 4 members (excludes halogenated alkanes) is 1. The van der Waals surface area contributed by atoms with Crippen LogP contribution in [0.15, 0.2) is 84.9 Å². The smallest absolute Gasteiger partial charge is 0.261 e. The first kappa shape index (κ1) is 25.8. The van der Waals surface area contributed by atoms with E-state index in [1.165, 1.54) is 0 Å². The molecule has 0 radical (unpaired) electrons. The van der Waals surface area contributed by atoms with Gasteiger partial charge in [0.2, 0.25) is 5.91 Å². The molecule has 0 saturated carbocycles. The molecule has 35 heavy (non-hydrogen) atoms. The van der Waals surface area contributed by atoms with E-state index in [1.807, 2.05) is 72.8 Å². The van der Waals surface area contributed by atoms with E-state index >= 15 is 0 Å². The van der Waals surface area contributed by atoms with Crippen molar-refractivity contribution < 1.29 is 19.1 Å². The third kappa shape index (κ3) is 8.18. The lowest BCUT2D eigenvalue weighted by molar-refractivity contribution is -0.142. The lowest BCUT2D eigenvalue weighted by atomic mass is 10.0. The molecule has 6 heteroatoms. The summed E-state index contributed by atoms with van der Waals surface area (Å²) in [6.45, 7) is 2.74. The van der Waals surface area contributed by atoms with Crippen molar-refractivity contribution in [1.82, 2.24) is 10.2 Å². The molecule has 0 fully saturated rings. The molecule has 0 aliphatic heterocycles. The van der Waals surface area contributed by atoms with Gasteiger partial charge in [0.1, 0.15) is 17.5 Å². The molecule has 0 bridgehead atoms. The van der Waals surface area contributed by atoms with E-state index in [9.17, 15) is 9.59 Å². The molecule has 1 unspecified atom stereocenters. The van der Waals surface area contributed by atoms with Crippen LogP contribution in [0.25, 0.3) is 0 Å². The third-order valence-corrected chi connectivity index (χ3v) is 5.69. The minimum atomic E-state index is -0.688. The fraction of sp³-hybridized carbons (Fsp3) is 0.310. The zero-order valence-corrected chi connectivity index (χ0v) is 20.5. The molecule has 184 valence electrons. The summed E-state index contributed by atoms with van der Waals surface area (Å²) >= 11 is 0. The lowest BCUT2D eigenvalue weighted by Crippen LogP contribution is -2.51. The van der Waals surface area contributed by atoms with Crippen LogP contribution < -0.4 is 14.8 Å². The molecule has 1 atom stereocenters. The maximum Gasteiger partial charge on any atom is 0.261 e. The van der Waals surface area contributed by atoms with Gasteiger partial charge in [0.15, 0.2) is 6.61 Å². The first-order valence-corrected chi connectivity index (χ1v) is 12.0. The molecular weight excluding hydrogens is 440 g/mol. The zero-order chi connectivity index (χ0) is 24.9. The molecule has 2 amide bonds. The Morgan fingerprint density at radius 3 is 2.23 bits per heavy atom. The molecule has 0 aromatic heterocycles. The highest BCUT2D eigenvalue weighted by Crippen LogP contribution is 2.19. The predicted octanol–water partition coefficient (Wildman–Crippen LogP) is 4.63. The van der Waals surface area contributed by atoms with Gasteiger partial charge in [-0.15, -0.1) is 0 Å². The summed E-state index contributed by atoms with van der Waals surface area (Å²) in [4.78, 5) is 28.5. The number of benzene rings is 3. The molecule has 3 aromatic carbocycles. The van der Waals surface area contributed by atoms with E-state index < -0.39 is 6.04 Å². The standard InChI is InChI=1S/C29H34N2O4/c1-3-4-18-30-29(33)27(20-23-12-7-5-8-13-23)31(21-24-14-11-17-26(19-24)34-2)28(32)22-35-25-15-9-6-10-16-25/h5-17,19,27H,3-4,18,20-22H2,1-2H3,(H,30,33). The number of carbonyl (C=O) groups is 2. The van der Waals surface area contributed by atoms with Gasteiger partial charge in [-0.1, -0.05) is 74.0 Å². The summed E-state index contributed by atoms with van der Waals surface area (Å²) in [6, 6.07) is 25.8. The highest BCUT2D eigenvalue weighted by atomic mass is 16.5. The van der Waals surface area contributed by atoms with Crippen LogP contribution in [0.4, 0.5) is 0 Å². The number of hydrogen-bond acceptors (Lipinski definition) is 4. The molecule has 0 saturated heterocycles. The number of rotatable bonds is 13. The Labute approximate surface area is 207 Å². The predicted molar refractivity (Wildman–Crippen MR) is 137 cm³/mol. The fourth-order valence-electron chi connectivity index (χ4n) is 3.77. The van der Waals surface area contributed by atoms with E-state index in [2.05, 4.69) is 12.2 Å². The summed E-state index contributed by atoms with van der Waals surface area (Å²) in [5.41, 5.74) is 1.85. The van der Waals surface area contributed by atoms with E-state index in [4.69, 9.17) is 9.47 Å². The van der Waals surface area contributed by atoms with Gasteiger partial charge in [0.25, 0.3) is 5.91 Å². The molecule has 0 heterocycles. The number of nitrogens with zero attached hydrogens (tertiary/aromatic N) is 1. The van der Waals surface area contributed by atoms with Crippen molar-refractivity contribution in [2.75, 3.05) is 20.3 Å². The van der Waals surface area contributed by atoms with Crippen LogP contribution >= 0.6 is 0 Å². The normalized spacial score (nSPS) is 11.4. The van der Waals surface area contributed by atoms with Gasteiger partial charge in [-0.05, 0) is 41.8 Å². The second-order valence-corrected chi connectivity index (χ2v) is 8.32. The second kappa shape index (κ2) is 13.8. The van der Waals surface area contributed by atoms with Crippen LogP contribution in [-0.2, 0) is 22.6 Å². The van der Waals surface area contributed by atoms with Crippen LogP contribution in [0.1, 0.15) is 30.9 Å². The Morgan fingerprint density at radius 2 is 1.54 bits per heavy atom. The van der Waals surface area contributed by atoms with Crippen molar-refractivity contribution in [3.63, 3.8) is 0 Å². The number of nitrogens with one attached hydrogen (secondary N) is 1. The Morgan fingerprint density at radius 1 is 0.886 bits per heavy atom. The minimum Gasteiger partial charge on any atom is -0.497 e. The van der Waals surface area contributed by atoms with Crippen molar-refractivity contribution in [3.05, 3.63) is 96.1 Å². The Bertz CT molecular complexity index is 1060. The fourth-order valence-corrected chi connectivity index (χ4v) is 3.77. The SMILES string of the molecule is CCCCNC(=O)C(Cc1ccccc1)N(Cc1cccc(OC)c1)C(=O)COc1ccccc1. The molecule has 0 aliphatic carbocycles. The molecule has 6 nitrogen and oxygen atoms in total. The van der Waals surface area contributed by atoms with E-state index in [1.54, 1.807) is 24.1 Å². The molecule has 1 N–H and O–H groups in total. The summed E-state index contributed by atoms with van der Waals surface area (Å²) in [5.74, 6) is 0.873. The van der Waals surface area contributed by atoms with Crippen molar-refractivity contribution in [2.45, 2.75) is 38.8 Å². The Hall–Kier alpha value is -3.80. The van der Waals surface area contributed by atoms with Crippen LogP contribution in [0.3, 0.4) is 0 Å². The zero-order valence-electron chi connectivity index (χ0n) is 20.5. The van der Waals surface area contributed by atoms with Crippen molar-refractivity contribution in [1.29, 1.82) is 0 Å². The van der Waals surface area contributed by atoms with Gasteiger partial charge >= 0.3 is 0 Å². The van der Waals surface area contributed by atoms with Crippen LogP contribution in [0.5, 0.6) is 11.5 Å². The summed E-state index contributed by atoms with van der Waals surface area (Å²) in [5, 5.41) is 3.02. The average Bonchev–Trinajstić information content (AvgIpc) is 2.90. The first-order chi connectivity index (χ1) is 17.1. The lowest BCUT2D eigenvalue weighted by Gasteiger charge is -2.31. The van der Waals surface area contributed by atoms with Gasteiger partial charge in [0.05, 0.1) is 7.11 Å². The number of amides is 2. The van der Waals surface area contributed by atoms with Crippen molar-refractivity contribution >= 4 is 11.8 Å². The average molecular weight is 475 g/mol.